The maximum Gasteiger partial charge on any atom is 0.522 e. The van der Waals surface area contributed by atoms with Gasteiger partial charge < -0.3 is 10.1 Å². The molecule has 1 aromatic rings. The number of halogens is 3. The Morgan fingerprint density at radius 3 is 2.57 bits per heavy atom. The van der Waals surface area contributed by atoms with Crippen LogP contribution >= 0.6 is 0 Å². The molecule has 1 atom stereocenters. The Kier molecular flexibility index (Phi) is 6.98. The van der Waals surface area contributed by atoms with Crippen LogP contribution in [-0.2, 0) is 4.74 Å². The summed E-state index contributed by atoms with van der Waals surface area (Å²) in [5, 5.41) is 3.33. The Bertz CT molecular complexity index is 435. The van der Waals surface area contributed by atoms with E-state index < -0.39 is 13.0 Å². The van der Waals surface area contributed by atoms with Crippen LogP contribution in [0.2, 0.25) is 0 Å². The van der Waals surface area contributed by atoms with E-state index in [4.69, 9.17) is 4.74 Å². The van der Waals surface area contributed by atoms with Crippen molar-refractivity contribution in [1.82, 2.24) is 5.32 Å². The van der Waals surface area contributed by atoms with Crippen LogP contribution in [0.3, 0.4) is 0 Å². The first kappa shape index (κ1) is 17.8. The van der Waals surface area contributed by atoms with Crippen LogP contribution in [0.5, 0.6) is 5.75 Å². The zero-order valence-electron chi connectivity index (χ0n) is 12.6. The molecule has 0 spiro atoms. The van der Waals surface area contributed by atoms with Crippen LogP contribution in [0.15, 0.2) is 18.2 Å². The van der Waals surface area contributed by atoms with Gasteiger partial charge in [0, 0.05) is 11.6 Å². The van der Waals surface area contributed by atoms with Gasteiger partial charge in [-0.1, -0.05) is 19.1 Å². The zero-order valence-corrected chi connectivity index (χ0v) is 12.6. The number of ether oxygens (including phenoxy) is 2. The van der Waals surface area contributed by atoms with Gasteiger partial charge in [-0.25, -0.2) is 0 Å². The summed E-state index contributed by atoms with van der Waals surface area (Å²) in [6, 6.07) is 5.79. The van der Waals surface area contributed by atoms with Crippen LogP contribution in [0.1, 0.15) is 37.4 Å². The molecule has 1 rings (SSSR count). The molecule has 21 heavy (non-hydrogen) atoms. The minimum Gasteiger partial charge on any atom is -0.491 e. The van der Waals surface area contributed by atoms with E-state index in [1.807, 2.05) is 32.0 Å². The number of rotatable bonds is 8. The number of aryl methyl sites for hydroxylation is 1. The van der Waals surface area contributed by atoms with Crippen LogP contribution in [0.25, 0.3) is 0 Å². The van der Waals surface area contributed by atoms with Crippen molar-refractivity contribution in [3.63, 3.8) is 0 Å². The van der Waals surface area contributed by atoms with Gasteiger partial charge in [-0.05, 0) is 38.4 Å². The summed E-state index contributed by atoms with van der Waals surface area (Å²) < 4.78 is 44.9. The van der Waals surface area contributed by atoms with Gasteiger partial charge in [0.25, 0.3) is 0 Å². The van der Waals surface area contributed by atoms with Crippen molar-refractivity contribution in [2.75, 3.05) is 19.8 Å². The molecule has 0 bridgehead atoms. The third-order valence-electron chi connectivity index (χ3n) is 2.94. The number of nitrogens with one attached hydrogen (secondary N) is 1. The first-order valence-corrected chi connectivity index (χ1v) is 7.01. The highest BCUT2D eigenvalue weighted by Crippen LogP contribution is 2.26. The fourth-order valence-electron chi connectivity index (χ4n) is 1.90. The molecule has 0 aliphatic rings. The van der Waals surface area contributed by atoms with Crippen LogP contribution in [0.4, 0.5) is 13.2 Å². The minimum absolute atomic E-state index is 0.0732. The normalized spacial score (nSPS) is 13.2. The van der Waals surface area contributed by atoms with E-state index in [0.29, 0.717) is 5.75 Å². The summed E-state index contributed by atoms with van der Waals surface area (Å²) in [6.07, 6.45) is -3.61. The molecule has 0 aromatic heterocycles. The van der Waals surface area contributed by atoms with E-state index in [1.54, 1.807) is 0 Å². The smallest absolute Gasteiger partial charge is 0.491 e. The largest absolute Gasteiger partial charge is 0.522 e. The topological polar surface area (TPSA) is 30.5 Å². The summed E-state index contributed by atoms with van der Waals surface area (Å²) in [5.41, 5.74) is 1.93. The van der Waals surface area contributed by atoms with Crippen molar-refractivity contribution in [1.29, 1.82) is 0 Å². The van der Waals surface area contributed by atoms with Crippen molar-refractivity contribution in [3.05, 3.63) is 29.3 Å². The van der Waals surface area contributed by atoms with Gasteiger partial charge in [-0.3, -0.25) is 4.74 Å². The fraction of sp³-hybridized carbons (Fsp3) is 0.600. The molecule has 0 amide bonds. The standard InChI is InChI=1S/C15H22F3NO2/c1-4-7-19-12(3)13-6-5-11(2)10-14(13)20-8-9-21-15(16,17)18/h5-6,10,12,19H,4,7-9H2,1-3H3. The number of hydrogen-bond acceptors (Lipinski definition) is 3. The van der Waals surface area contributed by atoms with Gasteiger partial charge in [0.2, 0.25) is 0 Å². The van der Waals surface area contributed by atoms with E-state index in [2.05, 4.69) is 17.0 Å². The third-order valence-corrected chi connectivity index (χ3v) is 2.94. The Balaban J connectivity index is 2.64. The summed E-state index contributed by atoms with van der Waals surface area (Å²) in [4.78, 5) is 0. The lowest BCUT2D eigenvalue weighted by Gasteiger charge is -2.19. The molecule has 1 aromatic carbocycles. The lowest BCUT2D eigenvalue weighted by atomic mass is 10.0. The average Bonchev–Trinajstić information content (AvgIpc) is 2.40. The van der Waals surface area contributed by atoms with Crippen LogP contribution < -0.4 is 10.1 Å². The highest BCUT2D eigenvalue weighted by atomic mass is 19.4. The van der Waals surface area contributed by atoms with Gasteiger partial charge >= 0.3 is 6.36 Å². The molecule has 0 fully saturated rings. The quantitative estimate of drug-likeness (QED) is 0.737. The molecule has 0 saturated heterocycles. The molecule has 3 nitrogen and oxygen atoms in total. The van der Waals surface area contributed by atoms with E-state index in [-0.39, 0.29) is 12.6 Å². The molecule has 0 aliphatic carbocycles. The predicted octanol–water partition coefficient (Wildman–Crippen LogP) is 3.97. The van der Waals surface area contributed by atoms with Crippen molar-refractivity contribution >= 4 is 0 Å². The third kappa shape index (κ3) is 6.82. The second-order valence-corrected chi connectivity index (χ2v) is 4.86. The highest BCUT2D eigenvalue weighted by Gasteiger charge is 2.28. The van der Waals surface area contributed by atoms with Gasteiger partial charge in [-0.2, -0.15) is 0 Å². The molecule has 1 unspecified atom stereocenters. The molecule has 1 N–H and O–H groups in total. The van der Waals surface area contributed by atoms with Crippen LogP contribution in [0, 0.1) is 6.92 Å². The molecule has 6 heteroatoms. The Morgan fingerprint density at radius 2 is 1.95 bits per heavy atom. The molecule has 0 saturated carbocycles. The van der Waals surface area contributed by atoms with Gasteiger partial charge in [0.05, 0.1) is 6.61 Å². The summed E-state index contributed by atoms with van der Waals surface area (Å²) in [7, 11) is 0. The van der Waals surface area contributed by atoms with E-state index in [0.717, 1.165) is 24.1 Å². The highest BCUT2D eigenvalue weighted by molar-refractivity contribution is 5.39. The van der Waals surface area contributed by atoms with Crippen molar-refractivity contribution in [2.24, 2.45) is 0 Å². The minimum atomic E-state index is -4.62. The first-order valence-electron chi connectivity index (χ1n) is 7.01. The van der Waals surface area contributed by atoms with E-state index in [9.17, 15) is 13.2 Å². The van der Waals surface area contributed by atoms with E-state index >= 15 is 0 Å². The first-order chi connectivity index (χ1) is 9.83. The van der Waals surface area contributed by atoms with Gasteiger partial charge in [0.15, 0.2) is 0 Å². The van der Waals surface area contributed by atoms with Gasteiger partial charge in [-0.15, -0.1) is 13.2 Å². The molecule has 120 valence electrons. The lowest BCUT2D eigenvalue weighted by molar-refractivity contribution is -0.325. The molecule has 0 radical (unpaired) electrons. The number of benzene rings is 1. The summed E-state index contributed by atoms with van der Waals surface area (Å²) in [6.45, 7) is 6.18. The summed E-state index contributed by atoms with van der Waals surface area (Å²) >= 11 is 0. The number of hydrogen-bond donors (Lipinski definition) is 1. The van der Waals surface area contributed by atoms with Crippen molar-refractivity contribution in [2.45, 2.75) is 39.6 Å². The maximum absolute atomic E-state index is 11.9. The Morgan fingerprint density at radius 1 is 1.24 bits per heavy atom. The SMILES string of the molecule is CCCNC(C)c1ccc(C)cc1OCCOC(F)(F)F. The fourth-order valence-corrected chi connectivity index (χ4v) is 1.90. The Labute approximate surface area is 123 Å². The predicted molar refractivity (Wildman–Crippen MR) is 75.4 cm³/mol. The summed E-state index contributed by atoms with van der Waals surface area (Å²) in [5.74, 6) is 0.594. The van der Waals surface area contributed by atoms with Crippen molar-refractivity contribution in [3.8, 4) is 5.75 Å². The molecule has 0 aliphatic heterocycles. The monoisotopic (exact) mass is 305 g/mol. The maximum atomic E-state index is 11.9. The van der Waals surface area contributed by atoms with Crippen LogP contribution in [-0.4, -0.2) is 26.1 Å². The van der Waals surface area contributed by atoms with Crippen molar-refractivity contribution < 1.29 is 22.6 Å². The lowest BCUT2D eigenvalue weighted by Crippen LogP contribution is -2.21. The van der Waals surface area contributed by atoms with Gasteiger partial charge in [0.1, 0.15) is 12.4 Å². The second kappa shape index (κ2) is 8.24. The second-order valence-electron chi connectivity index (χ2n) is 4.86. The Hall–Kier alpha value is -1.27. The molecule has 0 heterocycles. The molecular weight excluding hydrogens is 283 g/mol. The molecular formula is C15H22F3NO2. The van der Waals surface area contributed by atoms with E-state index in [1.165, 1.54) is 0 Å². The number of alkyl halides is 3. The zero-order chi connectivity index (χ0) is 15.9. The average molecular weight is 305 g/mol.